The number of fused-ring (bicyclic) bond motifs is 1. The quantitative estimate of drug-likeness (QED) is 0.940. The van der Waals surface area contributed by atoms with Gasteiger partial charge in [0.15, 0.2) is 0 Å². The Labute approximate surface area is 124 Å². The zero-order valence-corrected chi connectivity index (χ0v) is 13.3. The van der Waals surface area contributed by atoms with Crippen LogP contribution in [0.5, 0.6) is 0 Å². The first-order chi connectivity index (χ1) is 9.70. The van der Waals surface area contributed by atoms with Crippen molar-refractivity contribution in [3.05, 3.63) is 22.5 Å². The molecule has 0 aromatic carbocycles. The first-order valence-corrected chi connectivity index (χ1v) is 8.24. The summed E-state index contributed by atoms with van der Waals surface area (Å²) in [5, 5.41) is 9.10. The van der Waals surface area contributed by atoms with E-state index in [1.807, 2.05) is 29.3 Å². The molecule has 0 amide bonds. The monoisotopic (exact) mass is 290 g/mol. The Balaban J connectivity index is 1.93. The molecule has 20 heavy (non-hydrogen) atoms. The highest BCUT2D eigenvalue weighted by atomic mass is 32.1. The molecule has 1 aliphatic rings. The van der Waals surface area contributed by atoms with E-state index in [2.05, 4.69) is 24.3 Å². The number of hydrogen-bond donors (Lipinski definition) is 1. The summed E-state index contributed by atoms with van der Waals surface area (Å²) < 4.78 is 1.92. The van der Waals surface area contributed by atoms with Gasteiger partial charge in [-0.1, -0.05) is 6.92 Å². The van der Waals surface area contributed by atoms with Gasteiger partial charge in [-0.15, -0.1) is 11.3 Å². The second kappa shape index (κ2) is 5.66. The van der Waals surface area contributed by atoms with Crippen LogP contribution in [0.3, 0.4) is 0 Å². The van der Waals surface area contributed by atoms with Gasteiger partial charge in [-0.2, -0.15) is 5.10 Å². The van der Waals surface area contributed by atoms with Crippen LogP contribution in [0.4, 0.5) is 0 Å². The molecule has 0 saturated carbocycles. The Bertz CT molecular complexity index is 599. The van der Waals surface area contributed by atoms with Crippen molar-refractivity contribution >= 4 is 11.3 Å². The van der Waals surface area contributed by atoms with Gasteiger partial charge in [-0.3, -0.25) is 4.68 Å². The van der Waals surface area contributed by atoms with Crippen LogP contribution in [0.15, 0.2) is 6.20 Å². The molecule has 2 heterocycles. The van der Waals surface area contributed by atoms with Gasteiger partial charge in [0.1, 0.15) is 5.01 Å². The number of aryl methyl sites for hydroxylation is 2. The number of hydrogen-bond acceptors (Lipinski definition) is 4. The predicted molar refractivity (Wildman–Crippen MR) is 83.0 cm³/mol. The van der Waals surface area contributed by atoms with Crippen LogP contribution in [-0.4, -0.2) is 21.3 Å². The van der Waals surface area contributed by atoms with Crippen LogP contribution in [0.1, 0.15) is 48.5 Å². The van der Waals surface area contributed by atoms with Crippen LogP contribution in [0.25, 0.3) is 10.6 Å². The molecule has 2 aromatic rings. The Morgan fingerprint density at radius 3 is 3.05 bits per heavy atom. The van der Waals surface area contributed by atoms with Crippen molar-refractivity contribution < 1.29 is 0 Å². The minimum absolute atomic E-state index is 0.445. The maximum absolute atomic E-state index is 4.93. The van der Waals surface area contributed by atoms with Crippen molar-refractivity contribution in [3.63, 3.8) is 0 Å². The van der Waals surface area contributed by atoms with Gasteiger partial charge >= 0.3 is 0 Å². The normalized spacial score (nSPS) is 18.2. The molecule has 2 aromatic heterocycles. The molecule has 0 fully saturated rings. The Kier molecular flexibility index (Phi) is 3.89. The smallest absolute Gasteiger partial charge is 0.127 e. The first kappa shape index (κ1) is 13.8. The number of thiazole rings is 1. The van der Waals surface area contributed by atoms with E-state index in [-0.39, 0.29) is 0 Å². The van der Waals surface area contributed by atoms with Crippen LogP contribution in [-0.2, 0) is 13.5 Å². The maximum atomic E-state index is 4.93. The van der Waals surface area contributed by atoms with Crippen LogP contribution in [0, 0.1) is 6.92 Å². The third-order valence-corrected chi connectivity index (χ3v) is 5.22. The van der Waals surface area contributed by atoms with Crippen LogP contribution < -0.4 is 5.32 Å². The van der Waals surface area contributed by atoms with Crippen molar-refractivity contribution in [1.82, 2.24) is 20.1 Å². The average Bonchev–Trinajstić information content (AvgIpc) is 3.01. The second-order valence-corrected chi connectivity index (χ2v) is 6.58. The number of aromatic nitrogens is 3. The summed E-state index contributed by atoms with van der Waals surface area (Å²) in [7, 11) is 1.98. The minimum Gasteiger partial charge on any atom is -0.309 e. The summed E-state index contributed by atoms with van der Waals surface area (Å²) in [6, 6.07) is 0.445. The molecule has 3 rings (SSSR count). The van der Waals surface area contributed by atoms with Crippen molar-refractivity contribution in [1.29, 1.82) is 0 Å². The topological polar surface area (TPSA) is 42.7 Å². The summed E-state index contributed by atoms with van der Waals surface area (Å²) in [4.78, 5) is 6.39. The van der Waals surface area contributed by atoms with Gasteiger partial charge in [0, 0.05) is 17.6 Å². The van der Waals surface area contributed by atoms with Gasteiger partial charge in [-0.25, -0.2) is 4.98 Å². The van der Waals surface area contributed by atoms with Crippen molar-refractivity contribution in [2.45, 2.75) is 45.6 Å². The third kappa shape index (κ3) is 2.40. The lowest BCUT2D eigenvalue weighted by molar-refractivity contribution is 0.454. The SMILES string of the molecule is CCCNC1CCCc2sc(-c3cnn(C)c3C)nc21. The summed E-state index contributed by atoms with van der Waals surface area (Å²) in [6.07, 6.45) is 6.76. The standard InChI is InChI=1S/C15H22N4S/c1-4-8-16-12-6-5-7-13-14(12)18-15(20-13)11-9-17-19(3)10(11)2/h9,12,16H,4-8H2,1-3H3. The van der Waals surface area contributed by atoms with Gasteiger partial charge in [0.2, 0.25) is 0 Å². The molecule has 5 heteroatoms. The second-order valence-electron chi connectivity index (χ2n) is 5.49. The lowest BCUT2D eigenvalue weighted by Crippen LogP contribution is -2.25. The number of nitrogens with zero attached hydrogens (tertiary/aromatic N) is 3. The minimum atomic E-state index is 0.445. The van der Waals surface area contributed by atoms with Crippen molar-refractivity contribution in [2.24, 2.45) is 7.05 Å². The average molecular weight is 290 g/mol. The highest BCUT2D eigenvalue weighted by molar-refractivity contribution is 7.15. The van der Waals surface area contributed by atoms with E-state index in [9.17, 15) is 0 Å². The molecule has 1 N–H and O–H groups in total. The van der Waals surface area contributed by atoms with E-state index in [4.69, 9.17) is 4.98 Å². The van der Waals surface area contributed by atoms with Crippen LogP contribution in [0.2, 0.25) is 0 Å². The lowest BCUT2D eigenvalue weighted by atomic mass is 9.97. The predicted octanol–water partition coefficient (Wildman–Crippen LogP) is 3.23. The Morgan fingerprint density at radius 2 is 2.35 bits per heavy atom. The number of nitrogens with one attached hydrogen (secondary N) is 1. The fraction of sp³-hybridized carbons (Fsp3) is 0.600. The summed E-state index contributed by atoms with van der Waals surface area (Å²) in [6.45, 7) is 5.39. The van der Waals surface area contributed by atoms with Gasteiger partial charge in [0.05, 0.1) is 23.5 Å². The molecule has 0 spiro atoms. The zero-order valence-electron chi connectivity index (χ0n) is 12.4. The summed E-state index contributed by atoms with van der Waals surface area (Å²) in [5.74, 6) is 0. The van der Waals surface area contributed by atoms with Crippen LogP contribution >= 0.6 is 11.3 Å². The van der Waals surface area contributed by atoms with E-state index in [1.54, 1.807) is 0 Å². The Morgan fingerprint density at radius 1 is 1.50 bits per heavy atom. The largest absolute Gasteiger partial charge is 0.309 e. The first-order valence-electron chi connectivity index (χ1n) is 7.42. The molecule has 1 aliphatic carbocycles. The maximum Gasteiger partial charge on any atom is 0.127 e. The Hall–Kier alpha value is -1.20. The van der Waals surface area contributed by atoms with E-state index < -0.39 is 0 Å². The molecule has 1 atom stereocenters. The molecule has 1 unspecified atom stereocenters. The molecule has 0 saturated heterocycles. The van der Waals surface area contributed by atoms with Gasteiger partial charge in [-0.05, 0) is 39.2 Å². The van der Waals surface area contributed by atoms with E-state index in [0.29, 0.717) is 6.04 Å². The lowest BCUT2D eigenvalue weighted by Gasteiger charge is -2.22. The van der Waals surface area contributed by atoms with Crippen molar-refractivity contribution in [3.8, 4) is 10.6 Å². The third-order valence-electron chi connectivity index (χ3n) is 4.06. The van der Waals surface area contributed by atoms with Gasteiger partial charge < -0.3 is 5.32 Å². The molecule has 108 valence electrons. The fourth-order valence-corrected chi connectivity index (χ4v) is 3.99. The number of rotatable bonds is 4. The molecule has 0 bridgehead atoms. The molecule has 0 radical (unpaired) electrons. The molecular weight excluding hydrogens is 268 g/mol. The van der Waals surface area contributed by atoms with E-state index in [1.165, 1.54) is 47.5 Å². The zero-order chi connectivity index (χ0) is 14.1. The van der Waals surface area contributed by atoms with E-state index >= 15 is 0 Å². The molecule has 0 aliphatic heterocycles. The van der Waals surface area contributed by atoms with Gasteiger partial charge in [0.25, 0.3) is 0 Å². The highest BCUT2D eigenvalue weighted by Crippen LogP contribution is 2.37. The van der Waals surface area contributed by atoms with E-state index in [0.717, 1.165) is 11.6 Å². The summed E-state index contributed by atoms with van der Waals surface area (Å²) in [5.41, 5.74) is 3.66. The highest BCUT2D eigenvalue weighted by Gasteiger charge is 2.25. The summed E-state index contributed by atoms with van der Waals surface area (Å²) >= 11 is 1.85. The molecule has 4 nitrogen and oxygen atoms in total. The molecular formula is C15H22N4S. The fourth-order valence-electron chi connectivity index (χ4n) is 2.76. The van der Waals surface area contributed by atoms with Crippen molar-refractivity contribution in [2.75, 3.05) is 6.54 Å².